The smallest absolute Gasteiger partial charge is 0.320 e. The van der Waals surface area contributed by atoms with Gasteiger partial charge in [-0.15, -0.1) is 0 Å². The molecular weight excluding hydrogens is 275 g/mol. The van der Waals surface area contributed by atoms with E-state index in [0.29, 0.717) is 0 Å². The fourth-order valence-electron chi connectivity index (χ4n) is 1.30. The molecule has 4 nitrogen and oxygen atoms in total. The summed E-state index contributed by atoms with van der Waals surface area (Å²) in [6.07, 6.45) is 2.14. The first-order valence-corrected chi connectivity index (χ1v) is 6.55. The number of aromatic nitrogens is 1. The number of hydrogen-bond acceptors (Lipinski definition) is 4. The topological polar surface area (TPSA) is 51.2 Å². The van der Waals surface area contributed by atoms with E-state index < -0.39 is 0 Å². The first kappa shape index (κ1) is 15.2. The van der Waals surface area contributed by atoms with Crippen molar-refractivity contribution in [2.45, 2.75) is 26.4 Å². The van der Waals surface area contributed by atoms with Crippen LogP contribution in [0.5, 0.6) is 0 Å². The van der Waals surface area contributed by atoms with Crippen molar-refractivity contribution >= 4 is 29.2 Å². The molecule has 18 heavy (non-hydrogen) atoms. The lowest BCUT2D eigenvalue weighted by molar-refractivity contribution is -0.143. The van der Waals surface area contributed by atoms with Gasteiger partial charge in [-0.3, -0.25) is 4.79 Å². The van der Waals surface area contributed by atoms with Crippen LogP contribution in [0.25, 0.3) is 0 Å². The van der Waals surface area contributed by atoms with E-state index in [1.54, 1.807) is 12.1 Å². The van der Waals surface area contributed by atoms with E-state index in [1.807, 2.05) is 0 Å². The monoisotopic (exact) mass is 290 g/mol. The summed E-state index contributed by atoms with van der Waals surface area (Å²) in [4.78, 5) is 15.2. The molecule has 0 spiro atoms. The maximum Gasteiger partial charge on any atom is 0.320 e. The molecule has 100 valence electrons. The number of ether oxygens (including phenoxy) is 1. The van der Waals surface area contributed by atoms with Gasteiger partial charge in [0.05, 0.1) is 6.54 Å². The predicted molar refractivity (Wildman–Crippen MR) is 71.8 cm³/mol. The number of rotatable bonds is 7. The van der Waals surface area contributed by atoms with Crippen molar-refractivity contribution in [1.82, 2.24) is 10.3 Å². The molecule has 1 rings (SSSR count). The minimum Gasteiger partial charge on any atom is -0.460 e. The average molecular weight is 291 g/mol. The Bertz CT molecular complexity index is 379. The Kier molecular flexibility index (Phi) is 7.01. The lowest BCUT2D eigenvalue weighted by Gasteiger charge is -2.06. The van der Waals surface area contributed by atoms with Gasteiger partial charge in [0.1, 0.15) is 16.9 Å². The van der Waals surface area contributed by atoms with Crippen molar-refractivity contribution in [2.24, 2.45) is 0 Å². The molecule has 1 aromatic heterocycles. The number of unbranched alkanes of at least 4 members (excludes halogenated alkanes) is 1. The molecule has 1 aromatic rings. The number of hydrogen-bond donors (Lipinski definition) is 1. The van der Waals surface area contributed by atoms with Crippen molar-refractivity contribution in [1.29, 1.82) is 0 Å². The van der Waals surface area contributed by atoms with Gasteiger partial charge < -0.3 is 10.1 Å². The van der Waals surface area contributed by atoms with Gasteiger partial charge in [0.15, 0.2) is 0 Å². The largest absolute Gasteiger partial charge is 0.460 e. The van der Waals surface area contributed by atoms with Crippen molar-refractivity contribution < 1.29 is 9.53 Å². The maximum absolute atomic E-state index is 11.4. The zero-order valence-electron chi connectivity index (χ0n) is 10.2. The zero-order valence-corrected chi connectivity index (χ0v) is 11.7. The Morgan fingerprint density at radius 1 is 1.39 bits per heavy atom. The van der Waals surface area contributed by atoms with E-state index in [4.69, 9.17) is 27.9 Å². The number of esters is 1. The van der Waals surface area contributed by atoms with Crippen molar-refractivity contribution in [2.75, 3.05) is 13.1 Å². The van der Waals surface area contributed by atoms with E-state index in [1.165, 1.54) is 0 Å². The van der Waals surface area contributed by atoms with Crippen LogP contribution >= 0.6 is 23.2 Å². The highest BCUT2D eigenvalue weighted by Gasteiger charge is 2.04. The van der Waals surface area contributed by atoms with Crippen LogP contribution in [0.1, 0.15) is 25.3 Å². The lowest BCUT2D eigenvalue weighted by atomic mass is 10.3. The summed E-state index contributed by atoms with van der Waals surface area (Å²) in [5, 5.41) is 3.58. The third-order valence-corrected chi connectivity index (χ3v) is 2.59. The zero-order chi connectivity index (χ0) is 13.4. The molecule has 1 N–H and O–H groups in total. The second kappa shape index (κ2) is 8.29. The number of halogens is 2. The summed E-state index contributed by atoms with van der Waals surface area (Å²) in [6, 6.07) is 3.23. The van der Waals surface area contributed by atoms with Crippen molar-refractivity contribution in [3.63, 3.8) is 0 Å². The third kappa shape index (κ3) is 6.19. The quantitative estimate of drug-likeness (QED) is 0.477. The van der Waals surface area contributed by atoms with Crippen LogP contribution in [-0.2, 0) is 16.1 Å². The third-order valence-electron chi connectivity index (χ3n) is 2.20. The molecule has 0 aromatic carbocycles. The van der Waals surface area contributed by atoms with Gasteiger partial charge in [-0.25, -0.2) is 4.98 Å². The Morgan fingerprint density at radius 2 is 2.06 bits per heavy atom. The van der Waals surface area contributed by atoms with Gasteiger partial charge in [-0.1, -0.05) is 36.5 Å². The molecular formula is C12H16Cl2N2O2. The highest BCUT2D eigenvalue weighted by molar-refractivity contribution is 6.32. The first-order chi connectivity index (χ1) is 8.61. The molecule has 0 aliphatic carbocycles. The summed E-state index contributed by atoms with van der Waals surface area (Å²) >= 11 is 11.5. The van der Waals surface area contributed by atoms with Gasteiger partial charge in [0.2, 0.25) is 0 Å². The fourth-order valence-corrected chi connectivity index (χ4v) is 1.81. The molecule has 0 aliphatic rings. The van der Waals surface area contributed by atoms with Crippen LogP contribution in [-0.4, -0.2) is 24.0 Å². The summed E-state index contributed by atoms with van der Waals surface area (Å²) in [5.74, 6) is -0.296. The van der Waals surface area contributed by atoms with Gasteiger partial charge in [-0.05, 0) is 30.7 Å². The highest BCUT2D eigenvalue weighted by atomic mass is 35.5. The standard InChI is InChI=1S/C12H16Cl2N2O2/c1-2-3-4-15-7-12(17)18-8-9-5-10(13)16-11(14)6-9/h5-6,15H,2-4,7-8H2,1H3. The summed E-state index contributed by atoms with van der Waals surface area (Å²) in [5.41, 5.74) is 0.724. The summed E-state index contributed by atoms with van der Waals surface area (Å²) in [6.45, 7) is 3.28. The van der Waals surface area contributed by atoms with Crippen molar-refractivity contribution in [3.05, 3.63) is 28.0 Å². The Balaban J connectivity index is 2.29. The number of pyridine rings is 1. The van der Waals surface area contributed by atoms with Gasteiger partial charge in [0.25, 0.3) is 0 Å². The molecule has 0 bridgehead atoms. The molecule has 0 unspecified atom stereocenters. The second-order valence-corrected chi connectivity index (χ2v) is 4.59. The fraction of sp³-hybridized carbons (Fsp3) is 0.500. The van der Waals surface area contributed by atoms with E-state index in [2.05, 4.69) is 17.2 Å². The Morgan fingerprint density at radius 3 is 2.67 bits per heavy atom. The van der Waals surface area contributed by atoms with Crippen molar-refractivity contribution in [3.8, 4) is 0 Å². The molecule has 0 radical (unpaired) electrons. The molecule has 6 heteroatoms. The van der Waals surface area contributed by atoms with Gasteiger partial charge in [-0.2, -0.15) is 0 Å². The molecule has 1 heterocycles. The highest BCUT2D eigenvalue weighted by Crippen LogP contribution is 2.15. The van der Waals surface area contributed by atoms with Crippen LogP contribution in [0, 0.1) is 0 Å². The number of nitrogens with zero attached hydrogens (tertiary/aromatic N) is 1. The molecule has 0 aliphatic heterocycles. The maximum atomic E-state index is 11.4. The lowest BCUT2D eigenvalue weighted by Crippen LogP contribution is -2.25. The van der Waals surface area contributed by atoms with Crippen LogP contribution < -0.4 is 5.32 Å². The number of nitrogens with one attached hydrogen (secondary N) is 1. The van der Waals surface area contributed by atoms with E-state index >= 15 is 0 Å². The molecule has 0 fully saturated rings. The minimum atomic E-state index is -0.296. The summed E-state index contributed by atoms with van der Waals surface area (Å²) in [7, 11) is 0. The van der Waals surface area contributed by atoms with E-state index in [-0.39, 0.29) is 29.4 Å². The summed E-state index contributed by atoms with van der Waals surface area (Å²) < 4.78 is 5.07. The normalized spacial score (nSPS) is 10.4. The first-order valence-electron chi connectivity index (χ1n) is 5.80. The van der Waals surface area contributed by atoms with E-state index in [0.717, 1.165) is 24.9 Å². The van der Waals surface area contributed by atoms with Gasteiger partial charge >= 0.3 is 5.97 Å². The molecule has 0 amide bonds. The number of carbonyl (C=O) groups is 1. The Hall–Kier alpha value is -0.840. The second-order valence-electron chi connectivity index (χ2n) is 3.81. The SMILES string of the molecule is CCCCNCC(=O)OCc1cc(Cl)nc(Cl)c1. The number of carbonyl (C=O) groups excluding carboxylic acids is 1. The molecule has 0 saturated carbocycles. The minimum absolute atomic E-state index is 0.149. The molecule has 0 atom stereocenters. The van der Waals surface area contributed by atoms with Crippen LogP contribution in [0.2, 0.25) is 10.3 Å². The van der Waals surface area contributed by atoms with Crippen LogP contribution in [0.4, 0.5) is 0 Å². The Labute approximate surface area is 117 Å². The predicted octanol–water partition coefficient (Wildman–Crippen LogP) is 2.82. The van der Waals surface area contributed by atoms with Gasteiger partial charge in [0, 0.05) is 0 Å². The van der Waals surface area contributed by atoms with E-state index in [9.17, 15) is 4.79 Å². The average Bonchev–Trinajstić information content (AvgIpc) is 2.31. The molecule has 0 saturated heterocycles. The van der Waals surface area contributed by atoms with Crippen LogP contribution in [0.3, 0.4) is 0 Å². The van der Waals surface area contributed by atoms with Crippen LogP contribution in [0.15, 0.2) is 12.1 Å².